The number of piperazine rings is 1. The van der Waals surface area contributed by atoms with Gasteiger partial charge < -0.3 is 25.2 Å². The molecule has 8 heteroatoms. The van der Waals surface area contributed by atoms with Gasteiger partial charge in [-0.1, -0.05) is 18.2 Å². The number of carbonyl (C=O) groups is 3. The lowest BCUT2D eigenvalue weighted by Gasteiger charge is -2.35. The molecule has 8 nitrogen and oxygen atoms in total. The van der Waals surface area contributed by atoms with Crippen LogP contribution in [-0.4, -0.2) is 70.0 Å². The maximum atomic E-state index is 12.7. The van der Waals surface area contributed by atoms with E-state index in [1.165, 1.54) is 11.8 Å². The van der Waals surface area contributed by atoms with E-state index in [9.17, 15) is 14.4 Å². The van der Waals surface area contributed by atoms with Gasteiger partial charge in [0.05, 0.1) is 5.56 Å². The van der Waals surface area contributed by atoms with E-state index in [4.69, 9.17) is 5.11 Å². The quantitative estimate of drug-likeness (QED) is 0.775. The van der Waals surface area contributed by atoms with Gasteiger partial charge in [0.1, 0.15) is 6.04 Å². The molecular formula is C17H20N4O4. The minimum absolute atomic E-state index is 0.0728. The molecule has 132 valence electrons. The number of H-pyrrole nitrogens is 1. The zero-order valence-electron chi connectivity index (χ0n) is 13.9. The molecule has 1 aliphatic heterocycles. The number of nitrogens with one attached hydrogen (secondary N) is 2. The number of para-hydroxylation sites is 1. The van der Waals surface area contributed by atoms with E-state index in [1.807, 2.05) is 24.3 Å². The summed E-state index contributed by atoms with van der Waals surface area (Å²) < 4.78 is 0. The van der Waals surface area contributed by atoms with Gasteiger partial charge in [0.25, 0.3) is 5.91 Å². The number of benzene rings is 1. The first-order valence-electron chi connectivity index (χ1n) is 8.11. The summed E-state index contributed by atoms with van der Waals surface area (Å²) in [4.78, 5) is 41.9. The maximum absolute atomic E-state index is 12.7. The number of carboxylic acids is 1. The number of aromatic nitrogens is 1. The maximum Gasteiger partial charge on any atom is 0.325 e. The highest BCUT2D eigenvalue weighted by atomic mass is 16.4. The number of carbonyl (C=O) groups excluding carboxylic acids is 2. The van der Waals surface area contributed by atoms with E-state index in [0.717, 1.165) is 10.9 Å². The molecule has 0 saturated carbocycles. The van der Waals surface area contributed by atoms with Crippen LogP contribution in [0.2, 0.25) is 0 Å². The van der Waals surface area contributed by atoms with Crippen molar-refractivity contribution >= 4 is 28.8 Å². The molecule has 2 aromatic rings. The Hall–Kier alpha value is -3.03. The normalized spacial score (nSPS) is 15.9. The van der Waals surface area contributed by atoms with E-state index in [0.29, 0.717) is 31.7 Å². The van der Waals surface area contributed by atoms with Crippen molar-refractivity contribution in [3.05, 3.63) is 36.0 Å². The highest BCUT2D eigenvalue weighted by Gasteiger charge is 2.27. The lowest BCUT2D eigenvalue weighted by Crippen LogP contribution is -2.55. The van der Waals surface area contributed by atoms with Crippen molar-refractivity contribution in [2.75, 3.05) is 26.2 Å². The van der Waals surface area contributed by atoms with Crippen LogP contribution in [0.4, 0.5) is 4.79 Å². The molecule has 3 N–H and O–H groups in total. The fourth-order valence-electron chi connectivity index (χ4n) is 2.87. The first-order valence-corrected chi connectivity index (χ1v) is 8.11. The molecule has 1 aromatic heterocycles. The molecule has 3 amide bonds. The van der Waals surface area contributed by atoms with Crippen molar-refractivity contribution in [2.45, 2.75) is 13.0 Å². The van der Waals surface area contributed by atoms with Gasteiger partial charge in [-0.3, -0.25) is 9.59 Å². The van der Waals surface area contributed by atoms with Crippen molar-refractivity contribution in [1.29, 1.82) is 0 Å². The SMILES string of the molecule is CC(NC(=O)N1CCN(C(=O)c2c[nH]c3ccccc23)CC1)C(=O)O. The number of aromatic amines is 1. The van der Waals surface area contributed by atoms with Gasteiger partial charge in [0, 0.05) is 43.3 Å². The molecule has 0 spiro atoms. The van der Waals surface area contributed by atoms with Crippen LogP contribution in [0.1, 0.15) is 17.3 Å². The molecule has 1 fully saturated rings. The first-order chi connectivity index (χ1) is 12.0. The molecule has 1 atom stereocenters. The third-order valence-electron chi connectivity index (χ3n) is 4.38. The molecule has 25 heavy (non-hydrogen) atoms. The third-order valence-corrected chi connectivity index (χ3v) is 4.38. The van der Waals surface area contributed by atoms with Crippen LogP contribution < -0.4 is 5.32 Å². The molecule has 0 radical (unpaired) electrons. The average molecular weight is 344 g/mol. The summed E-state index contributed by atoms with van der Waals surface area (Å²) in [5.74, 6) is -1.15. The number of urea groups is 1. The van der Waals surface area contributed by atoms with E-state index >= 15 is 0 Å². The fourth-order valence-corrected chi connectivity index (χ4v) is 2.87. The molecule has 1 saturated heterocycles. The zero-order valence-corrected chi connectivity index (χ0v) is 13.9. The molecule has 1 aliphatic rings. The summed E-state index contributed by atoms with van der Waals surface area (Å²) >= 11 is 0. The summed E-state index contributed by atoms with van der Waals surface area (Å²) in [7, 11) is 0. The second kappa shape index (κ2) is 6.84. The van der Waals surface area contributed by atoms with Gasteiger partial charge in [0.15, 0.2) is 0 Å². The second-order valence-corrected chi connectivity index (χ2v) is 6.04. The molecular weight excluding hydrogens is 324 g/mol. The number of hydrogen-bond donors (Lipinski definition) is 3. The minimum atomic E-state index is -1.08. The Bertz CT molecular complexity index is 808. The van der Waals surface area contributed by atoms with Gasteiger partial charge >= 0.3 is 12.0 Å². The lowest BCUT2D eigenvalue weighted by atomic mass is 10.1. The van der Waals surface area contributed by atoms with Gasteiger partial charge in [-0.25, -0.2) is 4.79 Å². The molecule has 0 bridgehead atoms. The smallest absolute Gasteiger partial charge is 0.325 e. The van der Waals surface area contributed by atoms with Crippen LogP contribution in [0.25, 0.3) is 10.9 Å². The van der Waals surface area contributed by atoms with Crippen molar-refractivity contribution in [2.24, 2.45) is 0 Å². The van der Waals surface area contributed by atoms with Gasteiger partial charge in [-0.05, 0) is 13.0 Å². The number of carboxylic acid groups (broad SMARTS) is 1. The van der Waals surface area contributed by atoms with E-state index < -0.39 is 18.0 Å². The topological polar surface area (TPSA) is 106 Å². The number of nitrogens with zero attached hydrogens (tertiary/aromatic N) is 2. The predicted molar refractivity (Wildman–Crippen MR) is 91.4 cm³/mol. The Morgan fingerprint density at radius 2 is 1.76 bits per heavy atom. The largest absolute Gasteiger partial charge is 0.480 e. The predicted octanol–water partition coefficient (Wildman–Crippen LogP) is 1.11. The van der Waals surface area contributed by atoms with Crippen LogP contribution in [0, 0.1) is 0 Å². The number of hydrogen-bond acceptors (Lipinski definition) is 3. The number of amides is 3. The summed E-state index contributed by atoms with van der Waals surface area (Å²) in [6, 6.07) is 6.24. The van der Waals surface area contributed by atoms with Crippen LogP contribution in [0.5, 0.6) is 0 Å². The molecule has 0 aliphatic carbocycles. The van der Waals surface area contributed by atoms with Crippen molar-refractivity contribution in [1.82, 2.24) is 20.1 Å². The number of fused-ring (bicyclic) bond motifs is 1. The summed E-state index contributed by atoms with van der Waals surface area (Å²) in [5.41, 5.74) is 1.53. The molecule has 3 rings (SSSR count). The van der Waals surface area contributed by atoms with E-state index in [2.05, 4.69) is 10.3 Å². The Morgan fingerprint density at radius 3 is 2.44 bits per heavy atom. The van der Waals surface area contributed by atoms with E-state index in [-0.39, 0.29) is 5.91 Å². The average Bonchev–Trinajstić information content (AvgIpc) is 3.05. The van der Waals surface area contributed by atoms with Gasteiger partial charge in [0.2, 0.25) is 0 Å². The standard InChI is InChI=1S/C17H20N4O4/c1-11(16(23)24)19-17(25)21-8-6-20(7-9-21)15(22)13-10-18-14-5-3-2-4-12(13)14/h2-5,10-11,18H,6-9H2,1H3,(H,19,25)(H,23,24). The van der Waals surface area contributed by atoms with Gasteiger partial charge in [-0.15, -0.1) is 0 Å². The fraction of sp³-hybridized carbons (Fsp3) is 0.353. The van der Waals surface area contributed by atoms with Crippen LogP contribution in [0.3, 0.4) is 0 Å². The third kappa shape index (κ3) is 3.42. The molecule has 2 heterocycles. The summed E-state index contributed by atoms with van der Waals surface area (Å²) in [5, 5.41) is 12.1. The first kappa shape index (κ1) is 16.8. The van der Waals surface area contributed by atoms with Crippen molar-refractivity contribution < 1.29 is 19.5 Å². The number of aliphatic carboxylic acids is 1. The van der Waals surface area contributed by atoms with Crippen molar-refractivity contribution in [3.8, 4) is 0 Å². The monoisotopic (exact) mass is 344 g/mol. The Balaban J connectivity index is 1.61. The molecule has 1 aromatic carbocycles. The van der Waals surface area contributed by atoms with E-state index in [1.54, 1.807) is 11.1 Å². The summed E-state index contributed by atoms with van der Waals surface area (Å²) in [6.07, 6.45) is 1.71. The Kier molecular flexibility index (Phi) is 4.60. The van der Waals surface area contributed by atoms with Gasteiger partial charge in [-0.2, -0.15) is 0 Å². The summed E-state index contributed by atoms with van der Waals surface area (Å²) in [6.45, 7) is 2.97. The number of rotatable bonds is 3. The van der Waals surface area contributed by atoms with Crippen LogP contribution in [0.15, 0.2) is 30.5 Å². The lowest BCUT2D eigenvalue weighted by molar-refractivity contribution is -0.138. The minimum Gasteiger partial charge on any atom is -0.480 e. The van der Waals surface area contributed by atoms with Crippen LogP contribution >= 0.6 is 0 Å². The molecule has 1 unspecified atom stereocenters. The zero-order chi connectivity index (χ0) is 18.0. The van der Waals surface area contributed by atoms with Crippen molar-refractivity contribution in [3.63, 3.8) is 0 Å². The Labute approximate surface area is 144 Å². The highest BCUT2D eigenvalue weighted by molar-refractivity contribution is 6.06. The Morgan fingerprint density at radius 1 is 1.12 bits per heavy atom. The highest BCUT2D eigenvalue weighted by Crippen LogP contribution is 2.20. The second-order valence-electron chi connectivity index (χ2n) is 6.04. The van der Waals surface area contributed by atoms with Crippen LogP contribution in [-0.2, 0) is 4.79 Å².